The molecule has 2 aromatic carbocycles. The summed E-state index contributed by atoms with van der Waals surface area (Å²) in [6.45, 7) is 2.50. The van der Waals surface area contributed by atoms with Crippen LogP contribution in [0.4, 0.5) is 5.69 Å². The van der Waals surface area contributed by atoms with E-state index in [1.165, 1.54) is 12.1 Å². The Hall–Kier alpha value is -3.35. The molecule has 2 aromatic rings. The maximum Gasteiger partial charge on any atom is 0.335 e. The Bertz CT molecular complexity index is 908. The number of hydrogen-bond donors (Lipinski definition) is 2. The second-order valence-corrected chi connectivity index (χ2v) is 6.80. The van der Waals surface area contributed by atoms with Crippen LogP contribution in [0, 0.1) is 12.8 Å². The SMILES string of the molecule is COc1ccc(C)cc1N1CC(C(=O)NCc2ccc(C(=O)O)cc2)CC1=O. The number of aryl methyl sites for hydroxylation is 1. The second kappa shape index (κ2) is 8.12. The number of nitrogens with zero attached hydrogens (tertiary/aromatic N) is 1. The number of nitrogens with one attached hydrogen (secondary N) is 1. The molecule has 0 aliphatic carbocycles. The molecule has 28 heavy (non-hydrogen) atoms. The number of methoxy groups -OCH3 is 1. The molecule has 1 saturated heterocycles. The van der Waals surface area contributed by atoms with Crippen molar-refractivity contribution in [1.82, 2.24) is 5.32 Å². The topological polar surface area (TPSA) is 95.9 Å². The summed E-state index contributed by atoms with van der Waals surface area (Å²) in [6.07, 6.45) is 0.140. The van der Waals surface area contributed by atoms with Crippen molar-refractivity contribution in [2.24, 2.45) is 5.92 Å². The average Bonchev–Trinajstić information content (AvgIpc) is 3.08. The quantitative estimate of drug-likeness (QED) is 0.800. The van der Waals surface area contributed by atoms with Crippen LogP contribution in [0.3, 0.4) is 0 Å². The van der Waals surface area contributed by atoms with Crippen molar-refractivity contribution in [2.45, 2.75) is 19.9 Å². The molecule has 2 N–H and O–H groups in total. The number of amides is 2. The van der Waals surface area contributed by atoms with Gasteiger partial charge in [-0.25, -0.2) is 4.79 Å². The third-order valence-corrected chi connectivity index (χ3v) is 4.79. The third kappa shape index (κ3) is 4.14. The van der Waals surface area contributed by atoms with Crippen LogP contribution < -0.4 is 15.0 Å². The summed E-state index contributed by atoms with van der Waals surface area (Å²) in [7, 11) is 1.55. The van der Waals surface area contributed by atoms with Gasteiger partial charge >= 0.3 is 5.97 Å². The number of ether oxygens (including phenoxy) is 1. The summed E-state index contributed by atoms with van der Waals surface area (Å²) in [4.78, 5) is 37.5. The molecule has 0 aromatic heterocycles. The van der Waals surface area contributed by atoms with Gasteiger partial charge < -0.3 is 20.1 Å². The lowest BCUT2D eigenvalue weighted by Gasteiger charge is -2.20. The molecule has 7 nitrogen and oxygen atoms in total. The van der Waals surface area contributed by atoms with E-state index >= 15 is 0 Å². The Morgan fingerprint density at radius 1 is 1.21 bits per heavy atom. The van der Waals surface area contributed by atoms with E-state index in [2.05, 4.69) is 5.32 Å². The van der Waals surface area contributed by atoms with E-state index in [1.54, 1.807) is 24.1 Å². The molecular weight excluding hydrogens is 360 g/mol. The van der Waals surface area contributed by atoms with Gasteiger partial charge in [0.05, 0.1) is 24.3 Å². The van der Waals surface area contributed by atoms with E-state index in [0.717, 1.165) is 11.1 Å². The van der Waals surface area contributed by atoms with Gasteiger partial charge in [0.15, 0.2) is 0 Å². The molecule has 1 aliphatic heterocycles. The van der Waals surface area contributed by atoms with Gasteiger partial charge in [-0.05, 0) is 42.3 Å². The van der Waals surface area contributed by atoms with E-state index in [0.29, 0.717) is 18.0 Å². The van der Waals surface area contributed by atoms with Crippen LogP contribution in [0.5, 0.6) is 5.75 Å². The highest BCUT2D eigenvalue weighted by Crippen LogP contribution is 2.33. The molecule has 1 unspecified atom stereocenters. The van der Waals surface area contributed by atoms with Crippen LogP contribution in [0.1, 0.15) is 27.9 Å². The zero-order chi connectivity index (χ0) is 20.3. The van der Waals surface area contributed by atoms with E-state index in [4.69, 9.17) is 9.84 Å². The molecule has 3 rings (SSSR count). The molecular formula is C21H22N2O5. The van der Waals surface area contributed by atoms with Crippen LogP contribution in [-0.4, -0.2) is 36.5 Å². The van der Waals surface area contributed by atoms with Crippen LogP contribution in [-0.2, 0) is 16.1 Å². The van der Waals surface area contributed by atoms with Crippen LogP contribution in [0.15, 0.2) is 42.5 Å². The van der Waals surface area contributed by atoms with Crippen LogP contribution in [0.25, 0.3) is 0 Å². The van der Waals surface area contributed by atoms with Crippen molar-refractivity contribution in [1.29, 1.82) is 0 Å². The van der Waals surface area contributed by atoms with Gasteiger partial charge in [0, 0.05) is 19.5 Å². The van der Waals surface area contributed by atoms with Gasteiger partial charge in [0.1, 0.15) is 5.75 Å². The van der Waals surface area contributed by atoms with Crippen molar-refractivity contribution >= 4 is 23.5 Å². The minimum Gasteiger partial charge on any atom is -0.495 e. The predicted molar refractivity (Wildman–Crippen MR) is 103 cm³/mol. The Labute approximate surface area is 162 Å². The van der Waals surface area contributed by atoms with Crippen LogP contribution in [0.2, 0.25) is 0 Å². The molecule has 0 saturated carbocycles. The summed E-state index contributed by atoms with van der Waals surface area (Å²) in [5, 5.41) is 11.7. The number of hydrogen-bond acceptors (Lipinski definition) is 4. The lowest BCUT2D eigenvalue weighted by molar-refractivity contribution is -0.126. The predicted octanol–water partition coefficient (Wildman–Crippen LogP) is 2.37. The first-order valence-electron chi connectivity index (χ1n) is 8.94. The lowest BCUT2D eigenvalue weighted by atomic mass is 10.1. The minimum absolute atomic E-state index is 0.116. The fourth-order valence-electron chi connectivity index (χ4n) is 3.23. The van der Waals surface area contributed by atoms with Crippen LogP contribution >= 0.6 is 0 Å². The Morgan fingerprint density at radius 2 is 1.93 bits per heavy atom. The highest BCUT2D eigenvalue weighted by Gasteiger charge is 2.36. The van der Waals surface area contributed by atoms with E-state index in [-0.39, 0.29) is 30.3 Å². The molecule has 0 bridgehead atoms. The number of carboxylic acid groups (broad SMARTS) is 1. The highest BCUT2D eigenvalue weighted by atomic mass is 16.5. The summed E-state index contributed by atoms with van der Waals surface area (Å²) >= 11 is 0. The molecule has 1 fully saturated rings. The van der Waals surface area contributed by atoms with E-state index in [9.17, 15) is 14.4 Å². The minimum atomic E-state index is -0.994. The first-order chi connectivity index (χ1) is 13.4. The van der Waals surface area contributed by atoms with Gasteiger partial charge in [-0.1, -0.05) is 18.2 Å². The number of carbonyl (C=O) groups excluding carboxylic acids is 2. The third-order valence-electron chi connectivity index (χ3n) is 4.79. The molecule has 1 atom stereocenters. The standard InChI is InChI=1S/C21H22N2O5/c1-13-3-8-18(28-2)17(9-13)23-12-16(10-19(23)24)20(25)22-11-14-4-6-15(7-5-14)21(26)27/h3-9,16H,10-12H2,1-2H3,(H,22,25)(H,26,27). The molecule has 1 heterocycles. The number of anilines is 1. The van der Waals surface area contributed by atoms with Gasteiger partial charge in [-0.15, -0.1) is 0 Å². The van der Waals surface area contributed by atoms with Crippen molar-refractivity contribution in [3.63, 3.8) is 0 Å². The fourth-order valence-corrected chi connectivity index (χ4v) is 3.23. The van der Waals surface area contributed by atoms with E-state index in [1.807, 2.05) is 25.1 Å². The first kappa shape index (κ1) is 19.4. The fraction of sp³-hybridized carbons (Fsp3) is 0.286. The summed E-state index contributed by atoms with van der Waals surface area (Å²) in [5.41, 5.74) is 2.66. The Balaban J connectivity index is 1.64. The molecule has 2 amide bonds. The average molecular weight is 382 g/mol. The highest BCUT2D eigenvalue weighted by molar-refractivity contribution is 6.01. The number of carboxylic acids is 1. The smallest absolute Gasteiger partial charge is 0.335 e. The number of rotatable bonds is 6. The normalized spacial score (nSPS) is 16.1. The van der Waals surface area contributed by atoms with Crippen molar-refractivity contribution < 1.29 is 24.2 Å². The van der Waals surface area contributed by atoms with Gasteiger partial charge in [0.25, 0.3) is 0 Å². The zero-order valence-corrected chi connectivity index (χ0v) is 15.8. The number of benzene rings is 2. The maximum atomic E-state index is 12.5. The first-order valence-corrected chi connectivity index (χ1v) is 8.94. The zero-order valence-electron chi connectivity index (χ0n) is 15.8. The van der Waals surface area contributed by atoms with Crippen molar-refractivity contribution in [3.05, 3.63) is 59.2 Å². The van der Waals surface area contributed by atoms with Gasteiger partial charge in [0.2, 0.25) is 11.8 Å². The van der Waals surface area contributed by atoms with Crippen molar-refractivity contribution in [2.75, 3.05) is 18.6 Å². The van der Waals surface area contributed by atoms with Gasteiger partial charge in [-0.2, -0.15) is 0 Å². The van der Waals surface area contributed by atoms with Crippen molar-refractivity contribution in [3.8, 4) is 5.75 Å². The second-order valence-electron chi connectivity index (χ2n) is 6.80. The number of carbonyl (C=O) groups is 3. The molecule has 0 radical (unpaired) electrons. The van der Waals surface area contributed by atoms with E-state index < -0.39 is 11.9 Å². The molecule has 7 heteroatoms. The molecule has 1 aliphatic rings. The largest absolute Gasteiger partial charge is 0.495 e. The van der Waals surface area contributed by atoms with Gasteiger partial charge in [-0.3, -0.25) is 9.59 Å². The summed E-state index contributed by atoms with van der Waals surface area (Å²) in [6, 6.07) is 11.9. The number of aromatic carboxylic acids is 1. The Kier molecular flexibility index (Phi) is 5.63. The summed E-state index contributed by atoms with van der Waals surface area (Å²) < 4.78 is 5.35. The monoisotopic (exact) mass is 382 g/mol. The maximum absolute atomic E-state index is 12.5. The Morgan fingerprint density at radius 3 is 2.57 bits per heavy atom. The molecule has 0 spiro atoms. The lowest BCUT2D eigenvalue weighted by Crippen LogP contribution is -2.32. The summed E-state index contributed by atoms with van der Waals surface area (Å²) in [5.74, 6) is -1.17. The molecule has 146 valence electrons.